The van der Waals surface area contributed by atoms with E-state index in [4.69, 9.17) is 0 Å². The van der Waals surface area contributed by atoms with E-state index in [1.165, 1.54) is 0 Å². The van der Waals surface area contributed by atoms with Gasteiger partial charge in [-0.3, -0.25) is 4.99 Å². The summed E-state index contributed by atoms with van der Waals surface area (Å²) in [5.74, 6) is 0.294. The molecule has 0 saturated heterocycles. The molecule has 3 nitrogen and oxygen atoms in total. The van der Waals surface area contributed by atoms with Gasteiger partial charge in [-0.05, 0) is 45.4 Å². The molecule has 1 heterocycles. The first kappa shape index (κ1) is 14.4. The van der Waals surface area contributed by atoms with Gasteiger partial charge >= 0.3 is 0 Å². The SMILES string of the molecule is Cc1cc(O)c2c(c1)SC(C)(C)CC2=NCC(C)O. The number of aliphatic hydroxyl groups is 1. The highest BCUT2D eigenvalue weighted by Gasteiger charge is 2.32. The molecule has 2 N–H and O–H groups in total. The molecule has 1 atom stereocenters. The van der Waals surface area contributed by atoms with Gasteiger partial charge in [0.05, 0.1) is 18.2 Å². The van der Waals surface area contributed by atoms with Gasteiger partial charge in [-0.25, -0.2) is 0 Å². The smallest absolute Gasteiger partial charge is 0.126 e. The van der Waals surface area contributed by atoms with Gasteiger partial charge in [-0.15, -0.1) is 11.8 Å². The van der Waals surface area contributed by atoms with Crippen molar-refractivity contribution < 1.29 is 10.2 Å². The lowest BCUT2D eigenvalue weighted by Gasteiger charge is -2.32. The van der Waals surface area contributed by atoms with Gasteiger partial charge in [0, 0.05) is 21.8 Å². The molecule has 1 aliphatic heterocycles. The first-order chi connectivity index (χ1) is 8.78. The fourth-order valence-corrected chi connectivity index (χ4v) is 3.68. The van der Waals surface area contributed by atoms with E-state index in [9.17, 15) is 10.2 Å². The van der Waals surface area contributed by atoms with Gasteiger partial charge in [0.25, 0.3) is 0 Å². The van der Waals surface area contributed by atoms with Crippen molar-refractivity contribution in [3.63, 3.8) is 0 Å². The zero-order valence-corrected chi connectivity index (χ0v) is 12.7. The second-order valence-corrected chi connectivity index (χ2v) is 7.58. The third-order valence-electron chi connectivity index (χ3n) is 3.04. The monoisotopic (exact) mass is 279 g/mol. The van der Waals surface area contributed by atoms with Crippen molar-refractivity contribution in [2.24, 2.45) is 4.99 Å². The summed E-state index contributed by atoms with van der Waals surface area (Å²) in [4.78, 5) is 5.59. The Labute approximate surface area is 118 Å². The van der Waals surface area contributed by atoms with Crippen LogP contribution in [0, 0.1) is 6.92 Å². The lowest BCUT2D eigenvalue weighted by atomic mass is 9.96. The number of aromatic hydroxyl groups is 1. The first-order valence-corrected chi connectivity index (χ1v) is 7.34. The minimum Gasteiger partial charge on any atom is -0.507 e. The largest absolute Gasteiger partial charge is 0.507 e. The van der Waals surface area contributed by atoms with Crippen molar-refractivity contribution in [2.75, 3.05) is 6.54 Å². The summed E-state index contributed by atoms with van der Waals surface area (Å²) in [7, 11) is 0. The Morgan fingerprint density at radius 2 is 2.11 bits per heavy atom. The molecule has 0 radical (unpaired) electrons. The normalized spacial score (nSPS) is 21.2. The number of hydrogen-bond donors (Lipinski definition) is 2. The van der Waals surface area contributed by atoms with Crippen LogP contribution in [-0.4, -0.2) is 33.3 Å². The lowest BCUT2D eigenvalue weighted by Crippen LogP contribution is -2.27. The molecule has 0 aromatic heterocycles. The highest BCUT2D eigenvalue weighted by molar-refractivity contribution is 8.00. The van der Waals surface area contributed by atoms with Crippen LogP contribution < -0.4 is 0 Å². The average Bonchev–Trinajstić information content (AvgIpc) is 2.22. The topological polar surface area (TPSA) is 52.8 Å². The van der Waals surface area contributed by atoms with Crippen molar-refractivity contribution in [1.29, 1.82) is 0 Å². The quantitative estimate of drug-likeness (QED) is 0.874. The Morgan fingerprint density at radius 1 is 1.42 bits per heavy atom. The Kier molecular flexibility index (Phi) is 3.92. The van der Waals surface area contributed by atoms with Crippen molar-refractivity contribution in [3.8, 4) is 5.75 Å². The molecule has 2 rings (SSSR count). The maximum atomic E-state index is 10.2. The Bertz CT molecular complexity index is 521. The second kappa shape index (κ2) is 5.17. The standard InChI is InChI=1S/C15H21NO2S/c1-9-5-12(18)14-11(16-8-10(2)17)7-15(3,4)19-13(14)6-9/h5-6,10,17-18H,7-8H2,1-4H3. The lowest BCUT2D eigenvalue weighted by molar-refractivity contribution is 0.204. The Hall–Kier alpha value is -1.00. The number of hydrogen-bond acceptors (Lipinski definition) is 4. The van der Waals surface area contributed by atoms with E-state index < -0.39 is 6.10 Å². The molecule has 4 heteroatoms. The third kappa shape index (κ3) is 3.31. The summed E-state index contributed by atoms with van der Waals surface area (Å²) in [5, 5.41) is 19.6. The number of phenols is 1. The van der Waals surface area contributed by atoms with E-state index in [-0.39, 0.29) is 4.75 Å². The van der Waals surface area contributed by atoms with Crippen molar-refractivity contribution >= 4 is 17.5 Å². The zero-order valence-electron chi connectivity index (χ0n) is 11.9. The first-order valence-electron chi connectivity index (χ1n) is 6.53. The number of nitrogens with zero attached hydrogens (tertiary/aromatic N) is 1. The second-order valence-electron chi connectivity index (χ2n) is 5.83. The number of aliphatic hydroxyl groups excluding tert-OH is 1. The minimum absolute atomic E-state index is 0.0603. The zero-order chi connectivity index (χ0) is 14.2. The van der Waals surface area contributed by atoms with Gasteiger partial charge in [-0.2, -0.15) is 0 Å². The van der Waals surface area contributed by atoms with Crippen LogP contribution in [0.4, 0.5) is 0 Å². The van der Waals surface area contributed by atoms with E-state index in [0.29, 0.717) is 12.3 Å². The molecule has 0 amide bonds. The summed E-state index contributed by atoms with van der Waals surface area (Å²) < 4.78 is 0.0603. The molecule has 1 aliphatic rings. The molecule has 0 saturated carbocycles. The van der Waals surface area contributed by atoms with E-state index in [0.717, 1.165) is 28.2 Å². The molecule has 104 valence electrons. The number of aliphatic imine (C=N–C) groups is 1. The van der Waals surface area contributed by atoms with Crippen LogP contribution in [0.5, 0.6) is 5.75 Å². The number of benzene rings is 1. The van der Waals surface area contributed by atoms with Crippen LogP contribution in [-0.2, 0) is 0 Å². The fraction of sp³-hybridized carbons (Fsp3) is 0.533. The minimum atomic E-state index is -0.457. The number of rotatable bonds is 2. The number of aryl methyl sites for hydroxylation is 1. The van der Waals surface area contributed by atoms with E-state index in [2.05, 4.69) is 24.9 Å². The van der Waals surface area contributed by atoms with Crippen LogP contribution in [0.2, 0.25) is 0 Å². The maximum absolute atomic E-state index is 10.2. The van der Waals surface area contributed by atoms with Crippen LogP contribution in [0.25, 0.3) is 0 Å². The summed E-state index contributed by atoms with van der Waals surface area (Å²) in [6.45, 7) is 8.44. The van der Waals surface area contributed by atoms with Gasteiger partial charge in [0.2, 0.25) is 0 Å². The summed E-state index contributed by atoms with van der Waals surface area (Å²) in [6, 6.07) is 3.87. The molecule has 1 aromatic carbocycles. The van der Waals surface area contributed by atoms with E-state index in [1.54, 1.807) is 24.8 Å². The maximum Gasteiger partial charge on any atom is 0.126 e. The highest BCUT2D eigenvalue weighted by atomic mass is 32.2. The highest BCUT2D eigenvalue weighted by Crippen LogP contribution is 2.46. The van der Waals surface area contributed by atoms with Gasteiger partial charge in [0.1, 0.15) is 5.75 Å². The Morgan fingerprint density at radius 3 is 2.74 bits per heavy atom. The number of thioether (sulfide) groups is 1. The molecule has 19 heavy (non-hydrogen) atoms. The van der Waals surface area contributed by atoms with Crippen molar-refractivity contribution in [3.05, 3.63) is 23.3 Å². The fourth-order valence-electron chi connectivity index (χ4n) is 2.31. The molecule has 0 aliphatic carbocycles. The molecular formula is C15H21NO2S. The van der Waals surface area contributed by atoms with E-state index in [1.807, 2.05) is 6.92 Å². The number of phenolic OH excluding ortho intramolecular Hbond substituents is 1. The average molecular weight is 279 g/mol. The predicted octanol–water partition coefficient (Wildman–Crippen LogP) is 3.14. The molecular weight excluding hydrogens is 258 g/mol. The molecule has 1 unspecified atom stereocenters. The van der Waals surface area contributed by atoms with Crippen LogP contribution in [0.3, 0.4) is 0 Å². The summed E-state index contributed by atoms with van der Waals surface area (Å²) in [6.07, 6.45) is 0.342. The third-order valence-corrected chi connectivity index (χ3v) is 4.28. The molecule has 0 spiro atoms. The van der Waals surface area contributed by atoms with Gasteiger partial charge < -0.3 is 10.2 Å². The van der Waals surface area contributed by atoms with Gasteiger partial charge in [0.15, 0.2) is 0 Å². The van der Waals surface area contributed by atoms with Crippen LogP contribution in [0.1, 0.15) is 38.3 Å². The summed E-state index contributed by atoms with van der Waals surface area (Å²) >= 11 is 1.78. The van der Waals surface area contributed by atoms with E-state index >= 15 is 0 Å². The molecule has 1 aromatic rings. The van der Waals surface area contributed by atoms with Crippen LogP contribution in [0.15, 0.2) is 22.0 Å². The molecule has 0 bridgehead atoms. The summed E-state index contributed by atoms with van der Waals surface area (Å²) in [5.41, 5.74) is 2.80. The molecule has 0 fully saturated rings. The van der Waals surface area contributed by atoms with Crippen LogP contribution >= 0.6 is 11.8 Å². The Balaban J connectivity index is 2.50. The van der Waals surface area contributed by atoms with Crippen molar-refractivity contribution in [1.82, 2.24) is 0 Å². The van der Waals surface area contributed by atoms with Gasteiger partial charge in [-0.1, -0.05) is 0 Å². The number of fused-ring (bicyclic) bond motifs is 1. The predicted molar refractivity (Wildman–Crippen MR) is 80.5 cm³/mol. The van der Waals surface area contributed by atoms with Crippen molar-refractivity contribution in [2.45, 2.75) is 49.9 Å².